The van der Waals surface area contributed by atoms with Crippen molar-refractivity contribution in [2.24, 2.45) is 0 Å². The number of fused-ring (bicyclic) bond motifs is 1. The molecule has 0 aromatic heterocycles. The Bertz CT molecular complexity index is 1570. The standard InChI is InChI=1S/C32H38FN3O7S/c1-6-27(31(38)34-32(2,3)4)35(20-22-7-13-25(41-5)14-8-22)30(37)21-36(24-11-9-23(33)10-12-24)44(39,40)26-15-16-28-29(19-26)43-18-17-42-28/h7-16,19,27H,6,17-18,20-21H2,1-5H3,(H,34,38)/t27-/m0/s1. The first kappa shape index (κ1) is 32.6. The smallest absolute Gasteiger partial charge is 0.264 e. The lowest BCUT2D eigenvalue weighted by Crippen LogP contribution is -2.55. The Hall–Kier alpha value is -4.32. The van der Waals surface area contributed by atoms with Crippen LogP contribution in [0.2, 0.25) is 0 Å². The summed E-state index contributed by atoms with van der Waals surface area (Å²) in [7, 11) is -2.84. The zero-order valence-corrected chi connectivity index (χ0v) is 26.3. The molecule has 0 bridgehead atoms. The lowest BCUT2D eigenvalue weighted by atomic mass is 10.1. The van der Waals surface area contributed by atoms with E-state index in [0.717, 1.165) is 16.4 Å². The van der Waals surface area contributed by atoms with Gasteiger partial charge < -0.3 is 24.4 Å². The van der Waals surface area contributed by atoms with Gasteiger partial charge in [0, 0.05) is 18.2 Å². The van der Waals surface area contributed by atoms with E-state index in [0.29, 0.717) is 23.7 Å². The van der Waals surface area contributed by atoms with Gasteiger partial charge in [-0.3, -0.25) is 13.9 Å². The summed E-state index contributed by atoms with van der Waals surface area (Å²) in [6.45, 7) is 7.26. The molecule has 1 aliphatic heterocycles. The molecule has 0 radical (unpaired) electrons. The first-order valence-electron chi connectivity index (χ1n) is 14.2. The summed E-state index contributed by atoms with van der Waals surface area (Å²) in [4.78, 5) is 28.9. The molecule has 44 heavy (non-hydrogen) atoms. The number of hydrogen-bond acceptors (Lipinski definition) is 7. The molecule has 3 aromatic carbocycles. The molecule has 1 aliphatic rings. The molecule has 0 spiro atoms. The molecule has 0 saturated carbocycles. The van der Waals surface area contributed by atoms with Crippen LogP contribution in [-0.2, 0) is 26.2 Å². The van der Waals surface area contributed by atoms with Gasteiger partial charge in [0.1, 0.15) is 37.4 Å². The minimum absolute atomic E-state index is 0.0280. The molecule has 10 nitrogen and oxygen atoms in total. The Morgan fingerprint density at radius 1 is 0.977 bits per heavy atom. The van der Waals surface area contributed by atoms with E-state index in [4.69, 9.17) is 14.2 Å². The fourth-order valence-electron chi connectivity index (χ4n) is 4.75. The summed E-state index contributed by atoms with van der Waals surface area (Å²) in [5.74, 6) is -0.276. The van der Waals surface area contributed by atoms with Crippen LogP contribution in [0.3, 0.4) is 0 Å². The molecule has 1 heterocycles. The number of nitrogens with zero attached hydrogens (tertiary/aromatic N) is 2. The van der Waals surface area contributed by atoms with Crippen LogP contribution in [0, 0.1) is 5.82 Å². The second-order valence-electron chi connectivity index (χ2n) is 11.3. The molecule has 4 rings (SSSR count). The molecule has 0 unspecified atom stereocenters. The van der Waals surface area contributed by atoms with Crippen LogP contribution in [0.1, 0.15) is 39.7 Å². The molecule has 1 N–H and O–H groups in total. The van der Waals surface area contributed by atoms with Crippen molar-refractivity contribution >= 4 is 27.5 Å². The highest BCUT2D eigenvalue weighted by atomic mass is 32.2. The van der Waals surface area contributed by atoms with E-state index < -0.39 is 39.9 Å². The summed E-state index contributed by atoms with van der Waals surface area (Å²) in [5.41, 5.74) is 0.219. The van der Waals surface area contributed by atoms with Gasteiger partial charge in [-0.1, -0.05) is 19.1 Å². The van der Waals surface area contributed by atoms with Crippen molar-refractivity contribution in [1.29, 1.82) is 0 Å². The average Bonchev–Trinajstić information content (AvgIpc) is 2.99. The normalized spacial score (nSPS) is 13.5. The average molecular weight is 628 g/mol. The summed E-state index contributed by atoms with van der Waals surface area (Å²) in [6, 6.07) is 15.1. The Morgan fingerprint density at radius 2 is 1.61 bits per heavy atom. The van der Waals surface area contributed by atoms with E-state index in [9.17, 15) is 22.4 Å². The van der Waals surface area contributed by atoms with E-state index >= 15 is 0 Å². The largest absolute Gasteiger partial charge is 0.497 e. The maximum Gasteiger partial charge on any atom is 0.264 e. The number of carbonyl (C=O) groups excluding carboxylic acids is 2. The number of nitrogens with one attached hydrogen (secondary N) is 1. The van der Waals surface area contributed by atoms with Gasteiger partial charge in [-0.05, 0) is 81.3 Å². The number of benzene rings is 3. The number of methoxy groups -OCH3 is 1. The number of rotatable bonds is 11. The van der Waals surface area contributed by atoms with Gasteiger partial charge in [0.05, 0.1) is 17.7 Å². The van der Waals surface area contributed by atoms with Gasteiger partial charge in [-0.2, -0.15) is 0 Å². The monoisotopic (exact) mass is 627 g/mol. The molecule has 2 amide bonds. The Labute approximate surface area is 257 Å². The predicted molar refractivity (Wildman–Crippen MR) is 164 cm³/mol. The fourth-order valence-corrected chi connectivity index (χ4v) is 6.18. The van der Waals surface area contributed by atoms with E-state index in [1.165, 1.54) is 35.2 Å². The second-order valence-corrected chi connectivity index (χ2v) is 13.2. The van der Waals surface area contributed by atoms with Crippen LogP contribution in [-0.4, -0.2) is 63.6 Å². The number of hydrogen-bond donors (Lipinski definition) is 1. The third kappa shape index (κ3) is 7.79. The highest BCUT2D eigenvalue weighted by Crippen LogP contribution is 2.34. The van der Waals surface area contributed by atoms with Crippen LogP contribution in [0.5, 0.6) is 17.2 Å². The third-order valence-electron chi connectivity index (χ3n) is 6.89. The summed E-state index contributed by atoms with van der Waals surface area (Å²) in [5, 5.41) is 2.93. The van der Waals surface area contributed by atoms with E-state index in [2.05, 4.69) is 5.32 Å². The van der Waals surface area contributed by atoms with Crippen molar-refractivity contribution in [2.45, 2.75) is 57.1 Å². The molecule has 12 heteroatoms. The SMILES string of the molecule is CC[C@@H](C(=O)NC(C)(C)C)N(Cc1ccc(OC)cc1)C(=O)CN(c1ccc(F)cc1)S(=O)(=O)c1ccc2c(c1)OCCO2. The number of amides is 2. The van der Waals surface area contributed by atoms with Crippen LogP contribution >= 0.6 is 0 Å². The quantitative estimate of drug-likeness (QED) is 0.333. The van der Waals surface area contributed by atoms with E-state index in [1.54, 1.807) is 38.3 Å². The molecule has 0 saturated heterocycles. The van der Waals surface area contributed by atoms with Crippen LogP contribution < -0.4 is 23.8 Å². The number of halogens is 1. The van der Waals surface area contributed by atoms with Gasteiger partial charge in [0.15, 0.2) is 11.5 Å². The highest BCUT2D eigenvalue weighted by Gasteiger charge is 2.35. The number of carbonyl (C=O) groups is 2. The topological polar surface area (TPSA) is 114 Å². The second kappa shape index (κ2) is 13.5. The molecule has 236 valence electrons. The minimum Gasteiger partial charge on any atom is -0.497 e. The summed E-state index contributed by atoms with van der Waals surface area (Å²) < 4.78 is 59.4. The van der Waals surface area contributed by atoms with Crippen LogP contribution in [0.15, 0.2) is 71.6 Å². The van der Waals surface area contributed by atoms with Crippen LogP contribution in [0.4, 0.5) is 10.1 Å². The highest BCUT2D eigenvalue weighted by molar-refractivity contribution is 7.92. The molecular weight excluding hydrogens is 589 g/mol. The van der Waals surface area contributed by atoms with Gasteiger partial charge in [-0.15, -0.1) is 0 Å². The van der Waals surface area contributed by atoms with Crippen molar-refractivity contribution in [3.05, 3.63) is 78.1 Å². The van der Waals surface area contributed by atoms with Crippen molar-refractivity contribution in [2.75, 3.05) is 31.2 Å². The van der Waals surface area contributed by atoms with E-state index in [1.807, 2.05) is 20.8 Å². The molecule has 3 aromatic rings. The van der Waals surface area contributed by atoms with Gasteiger partial charge in [-0.25, -0.2) is 12.8 Å². The van der Waals surface area contributed by atoms with Crippen molar-refractivity contribution < 1.29 is 36.6 Å². The first-order valence-corrected chi connectivity index (χ1v) is 15.7. The zero-order chi connectivity index (χ0) is 32.1. The zero-order valence-electron chi connectivity index (χ0n) is 25.5. The van der Waals surface area contributed by atoms with Gasteiger partial charge in [0.2, 0.25) is 11.8 Å². The lowest BCUT2D eigenvalue weighted by Gasteiger charge is -2.35. The summed E-state index contributed by atoms with van der Waals surface area (Å²) >= 11 is 0. The van der Waals surface area contributed by atoms with Gasteiger partial charge in [0.25, 0.3) is 10.0 Å². The molecule has 1 atom stereocenters. The summed E-state index contributed by atoms with van der Waals surface area (Å²) in [6.07, 6.45) is 0.273. The van der Waals surface area contributed by atoms with Crippen molar-refractivity contribution in [3.63, 3.8) is 0 Å². The molecule has 0 fully saturated rings. The number of sulfonamides is 1. The maximum absolute atomic E-state index is 14.2. The van der Waals surface area contributed by atoms with Crippen molar-refractivity contribution in [3.8, 4) is 17.2 Å². The Balaban J connectivity index is 1.74. The van der Waals surface area contributed by atoms with E-state index in [-0.39, 0.29) is 41.8 Å². The molecular formula is C32H38FN3O7S. The number of anilines is 1. The Morgan fingerprint density at radius 3 is 2.20 bits per heavy atom. The minimum atomic E-state index is -4.38. The lowest BCUT2D eigenvalue weighted by molar-refractivity contribution is -0.141. The Kier molecular flexibility index (Phi) is 10.0. The van der Waals surface area contributed by atoms with Crippen LogP contribution in [0.25, 0.3) is 0 Å². The first-order chi connectivity index (χ1) is 20.8. The maximum atomic E-state index is 14.2. The molecule has 0 aliphatic carbocycles. The van der Waals surface area contributed by atoms with Crippen molar-refractivity contribution in [1.82, 2.24) is 10.2 Å². The fraction of sp³-hybridized carbons (Fsp3) is 0.375. The number of ether oxygens (including phenoxy) is 3. The predicted octanol–water partition coefficient (Wildman–Crippen LogP) is 4.52. The third-order valence-corrected chi connectivity index (χ3v) is 8.66. The van der Waals surface area contributed by atoms with Gasteiger partial charge >= 0.3 is 0 Å².